The Kier molecular flexibility index (Phi) is 7.57. The van der Waals surface area contributed by atoms with Crippen molar-refractivity contribution in [3.63, 3.8) is 0 Å². The molecule has 1 atom stereocenters. The van der Waals surface area contributed by atoms with Crippen LogP contribution in [0.25, 0.3) is 0 Å². The molecule has 2 heterocycles. The normalized spacial score (nSPS) is 16.3. The molecule has 2 N–H and O–H groups in total. The molecule has 0 spiro atoms. The number of nitrogens with zero attached hydrogens (tertiary/aromatic N) is 2. The van der Waals surface area contributed by atoms with Crippen LogP contribution in [0.3, 0.4) is 0 Å². The molecule has 1 aliphatic heterocycles. The van der Waals surface area contributed by atoms with Crippen LogP contribution in [0.2, 0.25) is 0 Å². The zero-order valence-corrected chi connectivity index (χ0v) is 17.9. The Labute approximate surface area is 180 Å². The third-order valence-corrected chi connectivity index (χ3v) is 6.31. The van der Waals surface area contributed by atoms with Gasteiger partial charge in [-0.1, -0.05) is 12.1 Å². The number of carbonyl (C=O) groups excluding carboxylic acids is 3. The number of benzene rings is 1. The molecule has 1 saturated heterocycles. The maximum atomic E-state index is 12.9. The van der Waals surface area contributed by atoms with Crippen molar-refractivity contribution in [2.24, 2.45) is 12.8 Å². The number of piperidine rings is 1. The van der Waals surface area contributed by atoms with Crippen LogP contribution in [-0.2, 0) is 16.6 Å². The van der Waals surface area contributed by atoms with E-state index in [0.29, 0.717) is 22.6 Å². The molecular formula is C22H27N3O4S. The Hall–Kier alpha value is -2.74. The minimum Gasteiger partial charge on any atom is -0.462 e. The lowest BCUT2D eigenvalue weighted by Gasteiger charge is -2.35. The van der Waals surface area contributed by atoms with E-state index in [-0.39, 0.29) is 24.3 Å². The predicted molar refractivity (Wildman–Crippen MR) is 115 cm³/mol. The van der Waals surface area contributed by atoms with Gasteiger partial charge in [-0.3, -0.25) is 9.59 Å². The van der Waals surface area contributed by atoms with Crippen LogP contribution in [0, 0.1) is 0 Å². The first-order chi connectivity index (χ1) is 14.5. The third-order valence-electron chi connectivity index (χ3n) is 5.21. The van der Waals surface area contributed by atoms with Gasteiger partial charge < -0.3 is 19.9 Å². The Morgan fingerprint density at radius 3 is 2.70 bits per heavy atom. The number of amides is 2. The number of aromatic nitrogens is 1. The first kappa shape index (κ1) is 22.0. The molecule has 1 aromatic heterocycles. The number of ether oxygens (including phenoxy) is 1. The summed E-state index contributed by atoms with van der Waals surface area (Å²) in [7, 11) is 1.86. The Balaban J connectivity index is 1.58. The average molecular weight is 430 g/mol. The lowest BCUT2D eigenvalue weighted by atomic mass is 9.99. The quantitative estimate of drug-likeness (QED) is 0.514. The highest BCUT2D eigenvalue weighted by atomic mass is 32.2. The molecule has 1 fully saturated rings. The van der Waals surface area contributed by atoms with Crippen molar-refractivity contribution in [1.29, 1.82) is 0 Å². The SMILES string of the molecule is Cn1cccc1C(=O)N1CCCCC1CCOC(=O)c1ccccc1SCC(N)=O. The van der Waals surface area contributed by atoms with E-state index in [1.54, 1.807) is 24.3 Å². The average Bonchev–Trinajstić information content (AvgIpc) is 3.18. The van der Waals surface area contributed by atoms with Gasteiger partial charge in [0.25, 0.3) is 5.91 Å². The molecule has 8 heteroatoms. The second-order valence-corrected chi connectivity index (χ2v) is 8.35. The number of hydrogen-bond donors (Lipinski definition) is 1. The molecule has 3 rings (SSSR count). The number of hydrogen-bond acceptors (Lipinski definition) is 5. The van der Waals surface area contributed by atoms with Crippen LogP contribution in [0.15, 0.2) is 47.5 Å². The summed E-state index contributed by atoms with van der Waals surface area (Å²) in [5.74, 6) is -0.753. The van der Waals surface area contributed by atoms with Gasteiger partial charge in [-0.2, -0.15) is 0 Å². The molecule has 7 nitrogen and oxygen atoms in total. The third kappa shape index (κ3) is 5.44. The lowest BCUT2D eigenvalue weighted by molar-refractivity contribution is -0.115. The van der Waals surface area contributed by atoms with Gasteiger partial charge in [-0.25, -0.2) is 4.79 Å². The molecule has 1 aromatic carbocycles. The van der Waals surface area contributed by atoms with Crippen LogP contribution >= 0.6 is 11.8 Å². The Bertz CT molecular complexity index is 911. The molecule has 2 amide bonds. The molecule has 160 valence electrons. The van der Waals surface area contributed by atoms with Crippen LogP contribution in [0.5, 0.6) is 0 Å². The fourth-order valence-corrected chi connectivity index (χ4v) is 4.45. The van der Waals surface area contributed by atoms with E-state index in [1.807, 2.05) is 34.8 Å². The van der Waals surface area contributed by atoms with E-state index >= 15 is 0 Å². The van der Waals surface area contributed by atoms with E-state index < -0.39 is 11.9 Å². The van der Waals surface area contributed by atoms with Gasteiger partial charge in [0.2, 0.25) is 5.91 Å². The maximum absolute atomic E-state index is 12.9. The number of likely N-dealkylation sites (tertiary alicyclic amines) is 1. The Morgan fingerprint density at radius 2 is 1.97 bits per heavy atom. The van der Waals surface area contributed by atoms with Crippen molar-refractivity contribution in [3.8, 4) is 0 Å². The van der Waals surface area contributed by atoms with Crippen LogP contribution in [0.4, 0.5) is 0 Å². The standard InChI is InChI=1S/C22H27N3O4S/c1-24-12-6-9-18(24)21(27)25-13-5-4-7-16(25)11-14-29-22(28)17-8-2-3-10-19(17)30-15-20(23)26/h2-3,6,8-10,12,16H,4-5,7,11,13-15H2,1H3,(H2,23,26). The van der Waals surface area contributed by atoms with Gasteiger partial charge >= 0.3 is 5.97 Å². The topological polar surface area (TPSA) is 94.6 Å². The lowest BCUT2D eigenvalue weighted by Crippen LogP contribution is -2.44. The summed E-state index contributed by atoms with van der Waals surface area (Å²) >= 11 is 1.22. The van der Waals surface area contributed by atoms with Crippen molar-refractivity contribution in [1.82, 2.24) is 9.47 Å². The molecule has 2 aromatic rings. The number of primary amides is 1. The van der Waals surface area contributed by atoms with Gasteiger partial charge in [0, 0.05) is 37.1 Å². The summed E-state index contributed by atoms with van der Waals surface area (Å²) in [6.45, 7) is 0.949. The van der Waals surface area contributed by atoms with Gasteiger partial charge in [-0.05, 0) is 43.5 Å². The minimum atomic E-state index is -0.441. The van der Waals surface area contributed by atoms with Crippen molar-refractivity contribution < 1.29 is 19.1 Å². The smallest absolute Gasteiger partial charge is 0.339 e. The number of thioether (sulfide) groups is 1. The molecule has 0 bridgehead atoms. The van der Waals surface area contributed by atoms with E-state index in [1.165, 1.54) is 11.8 Å². The predicted octanol–water partition coefficient (Wildman–Crippen LogP) is 2.84. The fourth-order valence-electron chi connectivity index (χ4n) is 3.67. The second kappa shape index (κ2) is 10.3. The molecule has 1 aliphatic rings. The van der Waals surface area contributed by atoms with E-state index in [2.05, 4.69) is 0 Å². The summed E-state index contributed by atoms with van der Waals surface area (Å²) in [5.41, 5.74) is 6.29. The summed E-state index contributed by atoms with van der Waals surface area (Å²) < 4.78 is 7.34. The van der Waals surface area contributed by atoms with E-state index in [4.69, 9.17) is 10.5 Å². The largest absolute Gasteiger partial charge is 0.462 e. The summed E-state index contributed by atoms with van der Waals surface area (Å²) in [4.78, 5) is 39.1. The second-order valence-electron chi connectivity index (χ2n) is 7.33. The number of rotatable bonds is 8. The zero-order chi connectivity index (χ0) is 21.5. The first-order valence-electron chi connectivity index (χ1n) is 10.1. The van der Waals surface area contributed by atoms with Gasteiger partial charge in [0.15, 0.2) is 0 Å². The maximum Gasteiger partial charge on any atom is 0.339 e. The van der Waals surface area contributed by atoms with Crippen LogP contribution in [0.1, 0.15) is 46.5 Å². The fraction of sp³-hybridized carbons (Fsp3) is 0.409. The van der Waals surface area contributed by atoms with Gasteiger partial charge in [0.05, 0.1) is 17.9 Å². The van der Waals surface area contributed by atoms with Crippen molar-refractivity contribution in [2.75, 3.05) is 18.9 Å². The van der Waals surface area contributed by atoms with Gasteiger partial charge in [0.1, 0.15) is 5.69 Å². The zero-order valence-electron chi connectivity index (χ0n) is 17.1. The molecule has 1 unspecified atom stereocenters. The van der Waals surface area contributed by atoms with Crippen LogP contribution in [-0.4, -0.2) is 52.2 Å². The van der Waals surface area contributed by atoms with Crippen LogP contribution < -0.4 is 5.73 Å². The number of nitrogens with two attached hydrogens (primary N) is 1. The summed E-state index contributed by atoms with van der Waals surface area (Å²) in [5, 5.41) is 0. The van der Waals surface area contributed by atoms with Crippen molar-refractivity contribution in [3.05, 3.63) is 53.9 Å². The molecule has 0 aliphatic carbocycles. The highest BCUT2D eigenvalue weighted by molar-refractivity contribution is 8.00. The first-order valence-corrected chi connectivity index (χ1v) is 11.1. The molecular weight excluding hydrogens is 402 g/mol. The van der Waals surface area contributed by atoms with Crippen molar-refractivity contribution >= 4 is 29.5 Å². The highest BCUT2D eigenvalue weighted by Gasteiger charge is 2.28. The van der Waals surface area contributed by atoms with Gasteiger partial charge in [-0.15, -0.1) is 11.8 Å². The number of esters is 1. The van der Waals surface area contributed by atoms with Crippen molar-refractivity contribution in [2.45, 2.75) is 36.6 Å². The van der Waals surface area contributed by atoms with E-state index in [0.717, 1.165) is 25.8 Å². The number of aryl methyl sites for hydroxylation is 1. The molecule has 30 heavy (non-hydrogen) atoms. The number of carbonyl (C=O) groups is 3. The molecule has 0 radical (unpaired) electrons. The highest BCUT2D eigenvalue weighted by Crippen LogP contribution is 2.25. The summed E-state index contributed by atoms with van der Waals surface area (Å²) in [6, 6.07) is 10.7. The Morgan fingerprint density at radius 1 is 1.17 bits per heavy atom. The molecule has 0 saturated carbocycles. The van der Waals surface area contributed by atoms with E-state index in [9.17, 15) is 14.4 Å². The minimum absolute atomic E-state index is 0.0201. The summed E-state index contributed by atoms with van der Waals surface area (Å²) in [6.07, 6.45) is 5.40. The monoisotopic (exact) mass is 429 g/mol.